The number of carbonyl (C=O) groups is 3. The number of aliphatic carboxylic acids is 2. The third kappa shape index (κ3) is 6.80. The predicted octanol–water partition coefficient (Wildman–Crippen LogP) is 0.248. The molecular formula is C16H21N3O9S. The predicted molar refractivity (Wildman–Crippen MR) is 99.9 cm³/mol. The second-order valence-corrected chi connectivity index (χ2v) is 7.98. The maximum atomic E-state index is 12.5. The van der Waals surface area contributed by atoms with Crippen molar-refractivity contribution in [3.8, 4) is 0 Å². The lowest BCUT2D eigenvalue weighted by atomic mass is 10.1. The van der Waals surface area contributed by atoms with E-state index >= 15 is 0 Å². The third-order valence-electron chi connectivity index (χ3n) is 3.90. The molecular weight excluding hydrogens is 410 g/mol. The summed E-state index contributed by atoms with van der Waals surface area (Å²) in [5, 5.41) is 25.8. The maximum Gasteiger partial charge on any atom is 0.414 e. The highest BCUT2D eigenvalue weighted by molar-refractivity contribution is 7.89. The number of piperazine rings is 1. The summed E-state index contributed by atoms with van der Waals surface area (Å²) in [5.74, 6) is -4.00. The molecule has 1 aromatic carbocycles. The van der Waals surface area contributed by atoms with Gasteiger partial charge in [0.15, 0.2) is 0 Å². The quantitative estimate of drug-likeness (QED) is 0.376. The van der Waals surface area contributed by atoms with Crippen LogP contribution < -0.4 is 0 Å². The van der Waals surface area contributed by atoms with Crippen LogP contribution in [0.15, 0.2) is 24.3 Å². The van der Waals surface area contributed by atoms with E-state index in [1.165, 1.54) is 27.4 Å². The summed E-state index contributed by atoms with van der Waals surface area (Å²) in [4.78, 5) is 42.5. The van der Waals surface area contributed by atoms with Gasteiger partial charge in [0.25, 0.3) is 11.6 Å². The van der Waals surface area contributed by atoms with Gasteiger partial charge in [0.2, 0.25) is 10.0 Å². The van der Waals surface area contributed by atoms with E-state index < -0.39 is 32.8 Å². The summed E-state index contributed by atoms with van der Waals surface area (Å²) in [6.45, 7) is 2.69. The number of benzene rings is 1. The minimum absolute atomic E-state index is 0.0300. The largest absolute Gasteiger partial charge is 0.473 e. The molecule has 13 heteroatoms. The molecule has 2 rings (SSSR count). The van der Waals surface area contributed by atoms with Crippen molar-refractivity contribution in [2.75, 3.05) is 31.9 Å². The van der Waals surface area contributed by atoms with Gasteiger partial charge in [0.1, 0.15) is 5.56 Å². The molecule has 1 aliphatic rings. The molecule has 1 amide bonds. The van der Waals surface area contributed by atoms with Gasteiger partial charge in [-0.2, -0.15) is 4.31 Å². The van der Waals surface area contributed by atoms with Gasteiger partial charge in [-0.15, -0.1) is 0 Å². The van der Waals surface area contributed by atoms with Gasteiger partial charge in [0.05, 0.1) is 10.7 Å². The van der Waals surface area contributed by atoms with Crippen molar-refractivity contribution < 1.29 is 37.9 Å². The van der Waals surface area contributed by atoms with E-state index in [-0.39, 0.29) is 43.2 Å². The highest BCUT2D eigenvalue weighted by atomic mass is 32.2. The van der Waals surface area contributed by atoms with E-state index in [1.807, 2.05) is 0 Å². The Labute approximate surface area is 166 Å². The van der Waals surface area contributed by atoms with E-state index in [4.69, 9.17) is 19.8 Å². The summed E-state index contributed by atoms with van der Waals surface area (Å²) in [7, 11) is -3.28. The Hall–Kier alpha value is -3.06. The van der Waals surface area contributed by atoms with Crippen LogP contribution in [0.4, 0.5) is 5.69 Å². The normalized spacial score (nSPS) is 14.4. The van der Waals surface area contributed by atoms with Crippen molar-refractivity contribution in [2.24, 2.45) is 0 Å². The number of nitrogens with zero attached hydrogens (tertiary/aromatic N) is 3. The number of para-hydroxylation sites is 1. The Bertz CT molecular complexity index is 865. The molecule has 1 heterocycles. The van der Waals surface area contributed by atoms with Gasteiger partial charge in [-0.3, -0.25) is 14.9 Å². The number of nitro benzene ring substituents is 1. The Morgan fingerprint density at radius 2 is 1.59 bits per heavy atom. The van der Waals surface area contributed by atoms with Crippen LogP contribution in [0.5, 0.6) is 0 Å². The number of hydrogen-bond acceptors (Lipinski definition) is 7. The molecule has 29 heavy (non-hydrogen) atoms. The molecule has 12 nitrogen and oxygen atoms in total. The van der Waals surface area contributed by atoms with Gasteiger partial charge < -0.3 is 15.1 Å². The van der Waals surface area contributed by atoms with Crippen molar-refractivity contribution in [1.82, 2.24) is 9.21 Å². The number of sulfonamides is 1. The van der Waals surface area contributed by atoms with E-state index in [2.05, 4.69) is 0 Å². The van der Waals surface area contributed by atoms with Crippen LogP contribution in [0.25, 0.3) is 0 Å². The average molecular weight is 431 g/mol. The zero-order chi connectivity index (χ0) is 22.2. The molecule has 0 saturated carbocycles. The number of rotatable bonds is 5. The van der Waals surface area contributed by atoms with Crippen molar-refractivity contribution in [3.63, 3.8) is 0 Å². The lowest BCUT2D eigenvalue weighted by molar-refractivity contribution is -0.385. The third-order valence-corrected chi connectivity index (χ3v) is 5.97. The molecule has 0 aliphatic carbocycles. The molecule has 160 valence electrons. The molecule has 0 atom stereocenters. The Morgan fingerprint density at radius 3 is 2.03 bits per heavy atom. The smallest absolute Gasteiger partial charge is 0.414 e. The molecule has 0 bridgehead atoms. The van der Waals surface area contributed by atoms with Crippen LogP contribution in [0, 0.1) is 10.1 Å². The highest BCUT2D eigenvalue weighted by Crippen LogP contribution is 2.20. The fraction of sp³-hybridized carbons (Fsp3) is 0.438. The lowest BCUT2D eigenvalue weighted by Crippen LogP contribution is -2.51. The summed E-state index contributed by atoms with van der Waals surface area (Å²) in [5.41, 5.74) is -0.208. The number of amides is 1. The van der Waals surface area contributed by atoms with Crippen molar-refractivity contribution in [1.29, 1.82) is 0 Å². The molecule has 1 aromatic rings. The number of carboxylic acid groups (broad SMARTS) is 2. The van der Waals surface area contributed by atoms with E-state index in [0.717, 1.165) is 0 Å². The molecule has 2 N–H and O–H groups in total. The first-order valence-corrected chi connectivity index (χ1v) is 10.1. The second-order valence-electron chi connectivity index (χ2n) is 5.89. The summed E-state index contributed by atoms with van der Waals surface area (Å²) < 4.78 is 25.4. The number of carboxylic acids is 2. The first-order valence-electron chi connectivity index (χ1n) is 8.48. The second kappa shape index (κ2) is 10.5. The van der Waals surface area contributed by atoms with Crippen LogP contribution in [0.2, 0.25) is 0 Å². The standard InChI is InChI=1S/C14H19N3O5S.C2H2O4/c1-2-11-23(21,22)16-9-7-15(8-10-16)14(18)12-5-3-4-6-13(12)17(19)20;3-1(4)2(5)6/h3-6H,2,7-11H2,1H3;(H,3,4)(H,5,6). The van der Waals surface area contributed by atoms with Crippen LogP contribution in [-0.2, 0) is 19.6 Å². The van der Waals surface area contributed by atoms with Gasteiger partial charge in [0, 0.05) is 32.2 Å². The minimum Gasteiger partial charge on any atom is -0.473 e. The van der Waals surface area contributed by atoms with Crippen LogP contribution >= 0.6 is 0 Å². The fourth-order valence-corrected chi connectivity index (χ4v) is 4.03. The Kier molecular flexibility index (Phi) is 8.66. The van der Waals surface area contributed by atoms with Crippen molar-refractivity contribution in [3.05, 3.63) is 39.9 Å². The number of carbonyl (C=O) groups excluding carboxylic acids is 1. The lowest BCUT2D eigenvalue weighted by Gasteiger charge is -2.33. The van der Waals surface area contributed by atoms with Crippen LogP contribution in [-0.4, -0.2) is 82.5 Å². The van der Waals surface area contributed by atoms with Gasteiger partial charge in [-0.05, 0) is 12.5 Å². The van der Waals surface area contributed by atoms with E-state index in [1.54, 1.807) is 13.0 Å². The van der Waals surface area contributed by atoms with Gasteiger partial charge in [-0.25, -0.2) is 18.0 Å². The average Bonchev–Trinajstić information content (AvgIpc) is 2.68. The summed E-state index contributed by atoms with van der Waals surface area (Å²) in [6.07, 6.45) is 0.539. The molecule has 0 radical (unpaired) electrons. The Morgan fingerprint density at radius 1 is 1.07 bits per heavy atom. The van der Waals surface area contributed by atoms with Crippen molar-refractivity contribution in [2.45, 2.75) is 13.3 Å². The van der Waals surface area contributed by atoms with Gasteiger partial charge in [-0.1, -0.05) is 19.1 Å². The summed E-state index contributed by atoms with van der Waals surface area (Å²) in [6, 6.07) is 5.78. The molecule has 1 saturated heterocycles. The number of hydrogen-bond donors (Lipinski definition) is 2. The topological polar surface area (TPSA) is 175 Å². The van der Waals surface area contributed by atoms with Crippen molar-refractivity contribution >= 4 is 33.6 Å². The fourth-order valence-electron chi connectivity index (χ4n) is 2.54. The van der Waals surface area contributed by atoms with E-state index in [9.17, 15) is 23.3 Å². The van der Waals surface area contributed by atoms with Crippen LogP contribution in [0.3, 0.4) is 0 Å². The van der Waals surface area contributed by atoms with Gasteiger partial charge >= 0.3 is 11.9 Å². The molecule has 1 aliphatic heterocycles. The maximum absolute atomic E-state index is 12.5. The first kappa shape index (κ1) is 24.0. The van der Waals surface area contributed by atoms with E-state index in [0.29, 0.717) is 6.42 Å². The van der Waals surface area contributed by atoms with Crippen LogP contribution in [0.1, 0.15) is 23.7 Å². The summed E-state index contributed by atoms with van der Waals surface area (Å²) >= 11 is 0. The SMILES string of the molecule is CCCS(=O)(=O)N1CCN(C(=O)c2ccccc2[N+](=O)[O-])CC1.O=C(O)C(=O)O. The minimum atomic E-state index is -3.28. The zero-order valence-electron chi connectivity index (χ0n) is 15.6. The Balaban J connectivity index is 0.000000612. The molecule has 1 fully saturated rings. The zero-order valence-corrected chi connectivity index (χ0v) is 16.4. The molecule has 0 aromatic heterocycles. The first-order chi connectivity index (χ1) is 13.5. The molecule has 0 unspecified atom stereocenters. The monoisotopic (exact) mass is 431 g/mol. The highest BCUT2D eigenvalue weighted by Gasteiger charge is 2.30. The molecule has 0 spiro atoms. The number of nitro groups is 1.